The molecule has 4 heteroatoms. The van der Waals surface area contributed by atoms with Gasteiger partial charge in [0.15, 0.2) is 0 Å². The molecule has 1 aliphatic rings. The second-order valence-corrected chi connectivity index (χ2v) is 4.81. The molecule has 4 N–H and O–H groups in total. The molecule has 1 fully saturated rings. The number of amides is 1. The standard InChI is InChI=1S/C11H23N3O/c1-3-9-6-4-5-7-14(9)8-11(2,13)10(12)15/h9H,3-8,13H2,1-2H3,(H2,12,15). The molecule has 0 saturated carbocycles. The summed E-state index contributed by atoms with van der Waals surface area (Å²) in [5.41, 5.74) is 10.3. The number of hydrogen-bond donors (Lipinski definition) is 2. The first-order chi connectivity index (χ1) is 6.97. The molecule has 0 bridgehead atoms. The third-order valence-electron chi connectivity index (χ3n) is 3.31. The summed E-state index contributed by atoms with van der Waals surface area (Å²) in [7, 11) is 0. The molecule has 0 radical (unpaired) electrons. The van der Waals surface area contributed by atoms with Gasteiger partial charge in [0.2, 0.25) is 5.91 Å². The van der Waals surface area contributed by atoms with Crippen LogP contribution in [0, 0.1) is 0 Å². The van der Waals surface area contributed by atoms with Crippen molar-refractivity contribution in [3.8, 4) is 0 Å². The molecule has 0 aromatic rings. The van der Waals surface area contributed by atoms with Crippen LogP contribution in [0.2, 0.25) is 0 Å². The minimum absolute atomic E-state index is 0.414. The second kappa shape index (κ2) is 4.94. The molecular formula is C11H23N3O. The van der Waals surface area contributed by atoms with Crippen LogP contribution in [0.4, 0.5) is 0 Å². The zero-order valence-electron chi connectivity index (χ0n) is 9.83. The molecule has 0 aromatic heterocycles. The maximum absolute atomic E-state index is 11.2. The van der Waals surface area contributed by atoms with Crippen molar-refractivity contribution in [2.75, 3.05) is 13.1 Å². The number of nitrogens with zero attached hydrogens (tertiary/aromatic N) is 1. The topological polar surface area (TPSA) is 72.3 Å². The lowest BCUT2D eigenvalue weighted by molar-refractivity contribution is -0.123. The molecule has 1 rings (SSSR count). The lowest BCUT2D eigenvalue weighted by Crippen LogP contribution is -2.59. The van der Waals surface area contributed by atoms with E-state index in [2.05, 4.69) is 11.8 Å². The van der Waals surface area contributed by atoms with Crippen molar-refractivity contribution in [2.24, 2.45) is 11.5 Å². The fourth-order valence-electron chi connectivity index (χ4n) is 2.23. The summed E-state index contributed by atoms with van der Waals surface area (Å²) < 4.78 is 0. The van der Waals surface area contributed by atoms with Gasteiger partial charge in [0.25, 0.3) is 0 Å². The third-order valence-corrected chi connectivity index (χ3v) is 3.31. The van der Waals surface area contributed by atoms with Crippen LogP contribution in [0.25, 0.3) is 0 Å². The fraction of sp³-hybridized carbons (Fsp3) is 0.909. The van der Waals surface area contributed by atoms with Gasteiger partial charge in [0.05, 0.1) is 0 Å². The normalized spacial score (nSPS) is 27.3. The monoisotopic (exact) mass is 213 g/mol. The van der Waals surface area contributed by atoms with E-state index in [9.17, 15) is 4.79 Å². The van der Waals surface area contributed by atoms with Crippen molar-refractivity contribution in [2.45, 2.75) is 51.1 Å². The molecule has 2 unspecified atom stereocenters. The first-order valence-electron chi connectivity index (χ1n) is 5.80. The Morgan fingerprint density at radius 3 is 2.73 bits per heavy atom. The third kappa shape index (κ3) is 3.18. The predicted molar refractivity (Wildman–Crippen MR) is 61.3 cm³/mol. The van der Waals surface area contributed by atoms with E-state index in [0.29, 0.717) is 12.6 Å². The van der Waals surface area contributed by atoms with Gasteiger partial charge >= 0.3 is 0 Å². The van der Waals surface area contributed by atoms with Gasteiger partial charge < -0.3 is 11.5 Å². The van der Waals surface area contributed by atoms with E-state index in [1.807, 2.05) is 0 Å². The van der Waals surface area contributed by atoms with Gasteiger partial charge in [-0.1, -0.05) is 13.3 Å². The number of likely N-dealkylation sites (tertiary alicyclic amines) is 1. The number of carbonyl (C=O) groups excluding carboxylic acids is 1. The average Bonchev–Trinajstić information content (AvgIpc) is 2.18. The van der Waals surface area contributed by atoms with Crippen LogP contribution < -0.4 is 11.5 Å². The van der Waals surface area contributed by atoms with E-state index in [1.165, 1.54) is 19.3 Å². The summed E-state index contributed by atoms with van der Waals surface area (Å²) in [5, 5.41) is 0. The Hall–Kier alpha value is -0.610. The summed E-state index contributed by atoms with van der Waals surface area (Å²) in [6, 6.07) is 0.570. The highest BCUT2D eigenvalue weighted by atomic mass is 16.1. The molecule has 1 saturated heterocycles. The van der Waals surface area contributed by atoms with Crippen molar-refractivity contribution in [1.29, 1.82) is 0 Å². The molecule has 15 heavy (non-hydrogen) atoms. The summed E-state index contributed by atoms with van der Waals surface area (Å²) >= 11 is 0. The van der Waals surface area contributed by atoms with E-state index in [1.54, 1.807) is 6.92 Å². The molecule has 0 aromatic carbocycles. The fourth-order valence-corrected chi connectivity index (χ4v) is 2.23. The number of hydrogen-bond acceptors (Lipinski definition) is 3. The first-order valence-corrected chi connectivity index (χ1v) is 5.80. The Balaban J connectivity index is 2.58. The van der Waals surface area contributed by atoms with Crippen LogP contribution in [0.1, 0.15) is 39.5 Å². The molecular weight excluding hydrogens is 190 g/mol. The highest BCUT2D eigenvalue weighted by molar-refractivity contribution is 5.84. The van der Waals surface area contributed by atoms with Gasteiger partial charge in [-0.2, -0.15) is 0 Å². The minimum atomic E-state index is -0.898. The number of nitrogens with two attached hydrogens (primary N) is 2. The lowest BCUT2D eigenvalue weighted by Gasteiger charge is -2.39. The van der Waals surface area contributed by atoms with Gasteiger partial charge in [-0.15, -0.1) is 0 Å². The summed E-state index contributed by atoms with van der Waals surface area (Å²) in [5.74, 6) is -0.414. The lowest BCUT2D eigenvalue weighted by atomic mass is 9.95. The highest BCUT2D eigenvalue weighted by Crippen LogP contribution is 2.20. The number of piperidine rings is 1. The van der Waals surface area contributed by atoms with Crippen molar-refractivity contribution in [3.05, 3.63) is 0 Å². The van der Waals surface area contributed by atoms with E-state index < -0.39 is 11.4 Å². The zero-order chi connectivity index (χ0) is 11.5. The molecule has 4 nitrogen and oxygen atoms in total. The minimum Gasteiger partial charge on any atom is -0.368 e. The van der Waals surface area contributed by atoms with Crippen LogP contribution in [0.5, 0.6) is 0 Å². The Bertz CT molecular complexity index is 228. The van der Waals surface area contributed by atoms with Gasteiger partial charge in [0.1, 0.15) is 5.54 Å². The van der Waals surface area contributed by atoms with E-state index in [4.69, 9.17) is 11.5 Å². The van der Waals surface area contributed by atoms with Gasteiger partial charge in [-0.25, -0.2) is 0 Å². The molecule has 88 valence electrons. The molecule has 1 amide bonds. The van der Waals surface area contributed by atoms with Gasteiger partial charge in [-0.05, 0) is 32.7 Å². The Morgan fingerprint density at radius 2 is 2.20 bits per heavy atom. The van der Waals surface area contributed by atoms with Crippen LogP contribution >= 0.6 is 0 Å². The Kier molecular flexibility index (Phi) is 4.11. The van der Waals surface area contributed by atoms with Crippen molar-refractivity contribution < 1.29 is 4.79 Å². The quantitative estimate of drug-likeness (QED) is 0.712. The molecule has 1 aliphatic heterocycles. The maximum atomic E-state index is 11.2. The molecule has 2 atom stereocenters. The highest BCUT2D eigenvalue weighted by Gasteiger charge is 2.32. The SMILES string of the molecule is CCC1CCCCN1CC(C)(N)C(N)=O. The number of carbonyl (C=O) groups is 1. The summed E-state index contributed by atoms with van der Waals surface area (Å²) in [6.07, 6.45) is 4.82. The van der Waals surface area contributed by atoms with Crippen molar-refractivity contribution >= 4 is 5.91 Å². The Morgan fingerprint density at radius 1 is 1.53 bits per heavy atom. The molecule has 1 heterocycles. The van der Waals surface area contributed by atoms with Crippen LogP contribution in [-0.4, -0.2) is 35.5 Å². The van der Waals surface area contributed by atoms with Crippen LogP contribution in [0.15, 0.2) is 0 Å². The smallest absolute Gasteiger partial charge is 0.238 e. The van der Waals surface area contributed by atoms with Gasteiger partial charge in [-0.3, -0.25) is 9.69 Å². The second-order valence-electron chi connectivity index (χ2n) is 4.81. The summed E-state index contributed by atoms with van der Waals surface area (Å²) in [4.78, 5) is 13.5. The molecule has 0 aliphatic carbocycles. The number of primary amides is 1. The van der Waals surface area contributed by atoms with Crippen LogP contribution in [-0.2, 0) is 4.79 Å². The van der Waals surface area contributed by atoms with Crippen LogP contribution in [0.3, 0.4) is 0 Å². The van der Waals surface area contributed by atoms with E-state index in [-0.39, 0.29) is 0 Å². The van der Waals surface area contributed by atoms with E-state index in [0.717, 1.165) is 13.0 Å². The average molecular weight is 213 g/mol. The zero-order valence-corrected chi connectivity index (χ0v) is 9.83. The largest absolute Gasteiger partial charge is 0.368 e. The number of rotatable bonds is 4. The summed E-state index contributed by atoms with van der Waals surface area (Å²) in [6.45, 7) is 5.52. The predicted octanol–water partition coefficient (Wildman–Crippen LogP) is 0.454. The van der Waals surface area contributed by atoms with Crippen molar-refractivity contribution in [3.63, 3.8) is 0 Å². The van der Waals surface area contributed by atoms with Crippen molar-refractivity contribution in [1.82, 2.24) is 4.90 Å². The van der Waals surface area contributed by atoms with Gasteiger partial charge in [0, 0.05) is 12.6 Å². The first kappa shape index (κ1) is 12.5. The Labute approximate surface area is 92.0 Å². The molecule has 0 spiro atoms. The van der Waals surface area contributed by atoms with E-state index >= 15 is 0 Å². The maximum Gasteiger partial charge on any atom is 0.238 e.